The van der Waals surface area contributed by atoms with Crippen LogP contribution in [0.2, 0.25) is 0 Å². The molecule has 1 aromatic heterocycles. The monoisotopic (exact) mass is 386 g/mol. The van der Waals surface area contributed by atoms with Crippen LogP contribution in [0.3, 0.4) is 0 Å². The van der Waals surface area contributed by atoms with E-state index in [1.807, 2.05) is 12.1 Å². The van der Waals surface area contributed by atoms with Crippen LogP contribution in [0.25, 0.3) is 0 Å². The first kappa shape index (κ1) is 19.6. The lowest BCUT2D eigenvalue weighted by Crippen LogP contribution is -2.36. The molecule has 9 heteroatoms. The summed E-state index contributed by atoms with van der Waals surface area (Å²) in [6.45, 7) is 3.20. The molecule has 1 aliphatic rings. The molecule has 1 N–H and O–H groups in total. The van der Waals surface area contributed by atoms with E-state index in [4.69, 9.17) is 9.47 Å². The zero-order valence-electron chi connectivity index (χ0n) is 15.4. The Kier molecular flexibility index (Phi) is 6.74. The zero-order valence-corrected chi connectivity index (χ0v) is 15.4. The predicted octanol–water partition coefficient (Wildman–Crippen LogP) is 2.62. The molecule has 0 bridgehead atoms. The zero-order chi connectivity index (χ0) is 19.8. The molecule has 3 rings (SSSR count). The van der Waals surface area contributed by atoms with Gasteiger partial charge in [-0.25, -0.2) is 4.98 Å². The van der Waals surface area contributed by atoms with Gasteiger partial charge in [0.05, 0.1) is 36.6 Å². The number of carbonyl (C=O) groups is 1. The summed E-state index contributed by atoms with van der Waals surface area (Å²) in [5.74, 6) is 0.905. The first-order chi connectivity index (χ1) is 13.6. The second-order valence-electron chi connectivity index (χ2n) is 6.23. The molecule has 1 amide bonds. The van der Waals surface area contributed by atoms with Gasteiger partial charge in [0, 0.05) is 25.6 Å². The molecule has 0 aliphatic carbocycles. The maximum Gasteiger partial charge on any atom is 0.310 e. The van der Waals surface area contributed by atoms with Crippen molar-refractivity contribution in [1.82, 2.24) is 4.98 Å². The largest absolute Gasteiger partial charge is 0.487 e. The molecule has 0 atom stereocenters. The molecule has 1 aromatic carbocycles. The molecule has 1 saturated heterocycles. The van der Waals surface area contributed by atoms with E-state index in [2.05, 4.69) is 15.2 Å². The number of nitro groups is 1. The fraction of sp³-hybridized carbons (Fsp3) is 0.368. The Morgan fingerprint density at radius 3 is 2.75 bits per heavy atom. The maximum atomic E-state index is 12.1. The summed E-state index contributed by atoms with van der Waals surface area (Å²) in [7, 11) is 0. The van der Waals surface area contributed by atoms with Crippen molar-refractivity contribution >= 4 is 23.1 Å². The second kappa shape index (κ2) is 9.65. The van der Waals surface area contributed by atoms with Crippen LogP contribution in [0.4, 0.5) is 17.2 Å². The van der Waals surface area contributed by atoms with Gasteiger partial charge in [0.15, 0.2) is 5.75 Å². The van der Waals surface area contributed by atoms with E-state index in [1.165, 1.54) is 6.07 Å². The highest BCUT2D eigenvalue weighted by Crippen LogP contribution is 2.25. The number of carbonyl (C=O) groups excluding carboxylic acids is 1. The highest BCUT2D eigenvalue weighted by Gasteiger charge is 2.14. The van der Waals surface area contributed by atoms with Gasteiger partial charge in [-0.2, -0.15) is 0 Å². The molecular weight excluding hydrogens is 364 g/mol. The standard InChI is InChI=1S/C19H22N4O5/c24-19(6-3-11-28-17-5-2-1-4-16(17)23(25)26)21-15-7-8-18(20-14-15)22-9-12-27-13-10-22/h1-2,4-5,7-8,14H,3,6,9-13H2,(H,21,24). The van der Waals surface area contributed by atoms with Crippen LogP contribution in [0.1, 0.15) is 12.8 Å². The molecule has 28 heavy (non-hydrogen) atoms. The Hall–Kier alpha value is -3.20. The molecule has 0 radical (unpaired) electrons. The molecular formula is C19H22N4O5. The highest BCUT2D eigenvalue weighted by molar-refractivity contribution is 5.90. The molecule has 1 fully saturated rings. The van der Waals surface area contributed by atoms with Crippen molar-refractivity contribution in [2.24, 2.45) is 0 Å². The minimum Gasteiger partial charge on any atom is -0.487 e. The van der Waals surface area contributed by atoms with Crippen LogP contribution in [0.5, 0.6) is 5.75 Å². The minimum atomic E-state index is -0.490. The molecule has 0 saturated carbocycles. The number of hydrogen-bond donors (Lipinski definition) is 1. The SMILES string of the molecule is O=C(CCCOc1ccccc1[N+](=O)[O-])Nc1ccc(N2CCOCC2)nc1. The van der Waals surface area contributed by atoms with Gasteiger partial charge in [0.25, 0.3) is 0 Å². The average Bonchev–Trinajstić information content (AvgIpc) is 2.72. The number of anilines is 2. The molecule has 148 valence electrons. The predicted molar refractivity (Wildman–Crippen MR) is 104 cm³/mol. The molecule has 9 nitrogen and oxygen atoms in total. The average molecular weight is 386 g/mol. The third-order valence-electron chi connectivity index (χ3n) is 4.23. The van der Waals surface area contributed by atoms with Crippen LogP contribution in [-0.4, -0.2) is 48.7 Å². The molecule has 0 unspecified atom stereocenters. The third-order valence-corrected chi connectivity index (χ3v) is 4.23. The van der Waals surface area contributed by atoms with Crippen molar-refractivity contribution in [3.8, 4) is 5.75 Å². The van der Waals surface area contributed by atoms with E-state index in [0.29, 0.717) is 25.3 Å². The topological polar surface area (TPSA) is 107 Å². The number of nitro benzene ring substituents is 1. The Balaban J connectivity index is 1.41. The quantitative estimate of drug-likeness (QED) is 0.422. The summed E-state index contributed by atoms with van der Waals surface area (Å²) in [5.41, 5.74) is 0.542. The number of hydrogen-bond acceptors (Lipinski definition) is 7. The summed E-state index contributed by atoms with van der Waals surface area (Å²) < 4.78 is 10.8. The van der Waals surface area contributed by atoms with Crippen LogP contribution in [-0.2, 0) is 9.53 Å². The summed E-state index contributed by atoms with van der Waals surface area (Å²) in [6.07, 6.45) is 2.32. The maximum absolute atomic E-state index is 12.1. The van der Waals surface area contributed by atoms with E-state index in [9.17, 15) is 14.9 Å². The van der Waals surface area contributed by atoms with Gasteiger partial charge in [-0.1, -0.05) is 12.1 Å². The van der Waals surface area contributed by atoms with Crippen molar-refractivity contribution in [3.63, 3.8) is 0 Å². The highest BCUT2D eigenvalue weighted by atomic mass is 16.6. The van der Waals surface area contributed by atoms with Gasteiger partial charge in [-0.15, -0.1) is 0 Å². The molecule has 2 heterocycles. The van der Waals surface area contributed by atoms with Gasteiger partial charge >= 0.3 is 5.69 Å². The fourth-order valence-electron chi connectivity index (χ4n) is 2.81. The first-order valence-corrected chi connectivity index (χ1v) is 9.08. The van der Waals surface area contributed by atoms with E-state index in [1.54, 1.807) is 24.4 Å². The van der Waals surface area contributed by atoms with Gasteiger partial charge in [-0.05, 0) is 24.6 Å². The third kappa shape index (κ3) is 5.40. The number of morpholine rings is 1. The van der Waals surface area contributed by atoms with Gasteiger partial charge in [0.1, 0.15) is 5.82 Å². The summed E-state index contributed by atoms with van der Waals surface area (Å²) in [5, 5.41) is 13.7. The number of rotatable bonds is 8. The number of nitrogens with one attached hydrogen (secondary N) is 1. The number of amides is 1. The van der Waals surface area contributed by atoms with Crippen LogP contribution < -0.4 is 15.0 Å². The molecule has 2 aromatic rings. The van der Waals surface area contributed by atoms with Crippen molar-refractivity contribution in [2.75, 3.05) is 43.1 Å². The van der Waals surface area contributed by atoms with Gasteiger partial charge < -0.3 is 19.7 Å². The fourth-order valence-corrected chi connectivity index (χ4v) is 2.81. The van der Waals surface area contributed by atoms with Crippen LogP contribution >= 0.6 is 0 Å². The van der Waals surface area contributed by atoms with E-state index >= 15 is 0 Å². The van der Waals surface area contributed by atoms with Crippen molar-refractivity contribution in [2.45, 2.75) is 12.8 Å². The first-order valence-electron chi connectivity index (χ1n) is 9.08. The number of benzene rings is 1. The summed E-state index contributed by atoms with van der Waals surface area (Å²) in [6, 6.07) is 9.87. The molecule has 0 spiro atoms. The van der Waals surface area contributed by atoms with Gasteiger partial charge in [-0.3, -0.25) is 14.9 Å². The number of aromatic nitrogens is 1. The van der Waals surface area contributed by atoms with Crippen LogP contribution in [0, 0.1) is 10.1 Å². The number of nitrogens with zero attached hydrogens (tertiary/aromatic N) is 3. The lowest BCUT2D eigenvalue weighted by molar-refractivity contribution is -0.385. The normalized spacial score (nSPS) is 13.8. The minimum absolute atomic E-state index is 0.0848. The van der Waals surface area contributed by atoms with Crippen molar-refractivity contribution < 1.29 is 19.2 Å². The van der Waals surface area contributed by atoms with Crippen molar-refractivity contribution in [1.29, 1.82) is 0 Å². The lowest BCUT2D eigenvalue weighted by atomic mass is 10.3. The van der Waals surface area contributed by atoms with E-state index in [-0.39, 0.29) is 30.4 Å². The second-order valence-corrected chi connectivity index (χ2v) is 6.23. The number of ether oxygens (including phenoxy) is 2. The Bertz CT molecular complexity index is 806. The summed E-state index contributed by atoms with van der Waals surface area (Å²) in [4.78, 5) is 29.0. The smallest absolute Gasteiger partial charge is 0.310 e. The Labute approximate surface area is 162 Å². The van der Waals surface area contributed by atoms with Gasteiger partial charge in [0.2, 0.25) is 5.91 Å². The van der Waals surface area contributed by atoms with Crippen molar-refractivity contribution in [3.05, 3.63) is 52.7 Å². The number of pyridine rings is 1. The van der Waals surface area contributed by atoms with Crippen LogP contribution in [0.15, 0.2) is 42.6 Å². The van der Waals surface area contributed by atoms with E-state index in [0.717, 1.165) is 18.9 Å². The molecule has 1 aliphatic heterocycles. The lowest BCUT2D eigenvalue weighted by Gasteiger charge is -2.27. The Morgan fingerprint density at radius 1 is 1.25 bits per heavy atom. The number of para-hydroxylation sites is 2. The van der Waals surface area contributed by atoms with E-state index < -0.39 is 4.92 Å². The summed E-state index contributed by atoms with van der Waals surface area (Å²) >= 11 is 0. The Morgan fingerprint density at radius 2 is 2.04 bits per heavy atom.